The topological polar surface area (TPSA) is 98.5 Å². The van der Waals surface area contributed by atoms with Crippen LogP contribution in [-0.4, -0.2) is 24.4 Å². The van der Waals surface area contributed by atoms with E-state index in [1.807, 2.05) is 0 Å². The van der Waals surface area contributed by atoms with Crippen molar-refractivity contribution >= 4 is 29.4 Å². The van der Waals surface area contributed by atoms with Crippen molar-refractivity contribution < 1.29 is 23.5 Å². The fourth-order valence-electron chi connectivity index (χ4n) is 2.26. The molecule has 0 saturated heterocycles. The van der Waals surface area contributed by atoms with E-state index in [0.29, 0.717) is 10.6 Å². The standard InChI is InChI=1S/C18H16ClFN2O4/c19-14-4-2-1-3-13(14)15(22-18(21)25)9-17(24)26-10-16(23)11-5-7-12(20)8-6-11/h1-8,15H,9-10H2,(H3,21,22,25). The van der Waals surface area contributed by atoms with Crippen LogP contribution in [0.4, 0.5) is 9.18 Å². The van der Waals surface area contributed by atoms with E-state index in [1.54, 1.807) is 24.3 Å². The number of benzene rings is 2. The molecular weight excluding hydrogens is 363 g/mol. The number of nitrogens with two attached hydrogens (primary N) is 1. The minimum absolute atomic E-state index is 0.220. The van der Waals surface area contributed by atoms with E-state index < -0.39 is 36.2 Å². The molecule has 0 heterocycles. The number of hydrogen-bond acceptors (Lipinski definition) is 4. The van der Waals surface area contributed by atoms with Gasteiger partial charge in [-0.25, -0.2) is 9.18 Å². The lowest BCUT2D eigenvalue weighted by molar-refractivity contribution is -0.143. The molecule has 0 aliphatic rings. The number of Topliss-reactive ketones (excluding diaryl/α,β-unsaturated/α-hetero) is 1. The van der Waals surface area contributed by atoms with Gasteiger partial charge in [0.15, 0.2) is 12.4 Å². The van der Waals surface area contributed by atoms with Crippen LogP contribution < -0.4 is 11.1 Å². The van der Waals surface area contributed by atoms with Gasteiger partial charge in [0.1, 0.15) is 5.82 Å². The van der Waals surface area contributed by atoms with Crippen LogP contribution in [0.5, 0.6) is 0 Å². The average molecular weight is 379 g/mol. The molecule has 0 radical (unpaired) electrons. The predicted octanol–water partition coefficient (Wildman–Crippen LogP) is 3.00. The number of rotatable bonds is 7. The molecule has 0 aliphatic carbocycles. The molecule has 0 spiro atoms. The summed E-state index contributed by atoms with van der Waals surface area (Å²) < 4.78 is 17.8. The van der Waals surface area contributed by atoms with Gasteiger partial charge in [0.25, 0.3) is 0 Å². The summed E-state index contributed by atoms with van der Waals surface area (Å²) in [5.74, 6) is -1.67. The molecule has 8 heteroatoms. The molecule has 2 amide bonds. The minimum Gasteiger partial charge on any atom is -0.457 e. The number of ketones is 1. The van der Waals surface area contributed by atoms with Gasteiger partial charge in [-0.15, -0.1) is 0 Å². The first-order valence-electron chi connectivity index (χ1n) is 7.61. The van der Waals surface area contributed by atoms with Crippen molar-refractivity contribution in [3.05, 3.63) is 70.5 Å². The maximum atomic E-state index is 12.9. The van der Waals surface area contributed by atoms with Crippen molar-refractivity contribution in [2.24, 2.45) is 5.73 Å². The molecule has 2 rings (SSSR count). The van der Waals surface area contributed by atoms with Crippen LogP contribution in [0.2, 0.25) is 5.02 Å². The van der Waals surface area contributed by atoms with Crippen molar-refractivity contribution in [1.29, 1.82) is 0 Å². The third-order valence-corrected chi connectivity index (χ3v) is 3.84. The van der Waals surface area contributed by atoms with E-state index in [-0.39, 0.29) is 12.0 Å². The van der Waals surface area contributed by atoms with Gasteiger partial charge >= 0.3 is 12.0 Å². The van der Waals surface area contributed by atoms with Gasteiger partial charge in [0.2, 0.25) is 0 Å². The molecule has 1 unspecified atom stereocenters. The highest BCUT2D eigenvalue weighted by Crippen LogP contribution is 2.25. The lowest BCUT2D eigenvalue weighted by atomic mass is 10.0. The van der Waals surface area contributed by atoms with Gasteiger partial charge in [0, 0.05) is 10.6 Å². The van der Waals surface area contributed by atoms with Gasteiger partial charge in [-0.05, 0) is 35.9 Å². The number of nitrogens with one attached hydrogen (secondary N) is 1. The number of esters is 1. The van der Waals surface area contributed by atoms with Crippen LogP contribution in [0.1, 0.15) is 28.4 Å². The Kier molecular flexibility index (Phi) is 6.68. The molecule has 6 nitrogen and oxygen atoms in total. The third kappa shape index (κ3) is 5.56. The summed E-state index contributed by atoms with van der Waals surface area (Å²) >= 11 is 6.08. The van der Waals surface area contributed by atoms with Crippen LogP contribution in [0, 0.1) is 5.82 Å². The Balaban J connectivity index is 1.98. The molecule has 0 bridgehead atoms. The largest absolute Gasteiger partial charge is 0.457 e. The van der Waals surface area contributed by atoms with Crippen molar-refractivity contribution in [3.8, 4) is 0 Å². The molecule has 0 saturated carbocycles. The lowest BCUT2D eigenvalue weighted by Gasteiger charge is -2.18. The number of primary amides is 1. The van der Waals surface area contributed by atoms with Gasteiger partial charge in [-0.1, -0.05) is 29.8 Å². The zero-order valence-corrected chi connectivity index (χ0v) is 14.3. The zero-order chi connectivity index (χ0) is 19.1. The van der Waals surface area contributed by atoms with Crippen molar-refractivity contribution in [1.82, 2.24) is 5.32 Å². The van der Waals surface area contributed by atoms with E-state index in [1.165, 1.54) is 12.1 Å². The summed E-state index contributed by atoms with van der Waals surface area (Å²) in [6, 6.07) is 9.89. The normalized spacial score (nSPS) is 11.5. The van der Waals surface area contributed by atoms with Crippen LogP contribution >= 0.6 is 11.6 Å². The maximum absolute atomic E-state index is 12.9. The molecule has 2 aromatic rings. The number of carbonyl (C=O) groups is 3. The Morgan fingerprint density at radius 2 is 1.77 bits per heavy atom. The average Bonchev–Trinajstić information content (AvgIpc) is 2.60. The van der Waals surface area contributed by atoms with Gasteiger partial charge in [-0.2, -0.15) is 0 Å². The number of hydrogen-bond donors (Lipinski definition) is 2. The van der Waals surface area contributed by atoms with E-state index >= 15 is 0 Å². The number of carbonyl (C=O) groups excluding carboxylic acids is 3. The second kappa shape index (κ2) is 8.96. The molecule has 136 valence electrons. The van der Waals surface area contributed by atoms with Crippen LogP contribution in [0.25, 0.3) is 0 Å². The third-order valence-electron chi connectivity index (χ3n) is 3.50. The monoisotopic (exact) mass is 378 g/mol. The maximum Gasteiger partial charge on any atom is 0.312 e. The number of amides is 2. The summed E-state index contributed by atoms with van der Waals surface area (Å²) in [5, 5.41) is 2.77. The minimum atomic E-state index is -0.829. The first-order valence-corrected chi connectivity index (χ1v) is 7.99. The van der Waals surface area contributed by atoms with Gasteiger partial charge in [0.05, 0.1) is 12.5 Å². The summed E-state index contributed by atoms with van der Waals surface area (Å²) in [4.78, 5) is 35.2. The quantitative estimate of drug-likeness (QED) is 0.571. The zero-order valence-electron chi connectivity index (χ0n) is 13.6. The molecule has 3 N–H and O–H groups in total. The molecular formula is C18H16ClFN2O4. The Morgan fingerprint density at radius 1 is 1.12 bits per heavy atom. The second-order valence-corrected chi connectivity index (χ2v) is 5.78. The van der Waals surface area contributed by atoms with Crippen LogP contribution in [-0.2, 0) is 9.53 Å². The van der Waals surface area contributed by atoms with E-state index in [0.717, 1.165) is 12.1 Å². The van der Waals surface area contributed by atoms with Gasteiger partial charge < -0.3 is 15.8 Å². The SMILES string of the molecule is NC(=O)NC(CC(=O)OCC(=O)c1ccc(F)cc1)c1ccccc1Cl. The second-order valence-electron chi connectivity index (χ2n) is 5.38. The van der Waals surface area contributed by atoms with E-state index in [9.17, 15) is 18.8 Å². The van der Waals surface area contributed by atoms with Crippen LogP contribution in [0.3, 0.4) is 0 Å². The summed E-state index contributed by atoms with van der Waals surface area (Å²) in [6.07, 6.45) is -0.261. The smallest absolute Gasteiger partial charge is 0.312 e. The van der Waals surface area contributed by atoms with Crippen molar-refractivity contribution in [2.45, 2.75) is 12.5 Å². The first-order chi connectivity index (χ1) is 12.4. The molecule has 2 aromatic carbocycles. The lowest BCUT2D eigenvalue weighted by Crippen LogP contribution is -2.35. The Bertz CT molecular complexity index is 811. The van der Waals surface area contributed by atoms with Gasteiger partial charge in [-0.3, -0.25) is 9.59 Å². The van der Waals surface area contributed by atoms with Crippen LogP contribution in [0.15, 0.2) is 48.5 Å². The van der Waals surface area contributed by atoms with E-state index in [2.05, 4.69) is 5.32 Å². The van der Waals surface area contributed by atoms with Crippen molar-refractivity contribution in [2.75, 3.05) is 6.61 Å². The Morgan fingerprint density at radius 3 is 2.38 bits per heavy atom. The fraction of sp³-hybridized carbons (Fsp3) is 0.167. The highest BCUT2D eigenvalue weighted by atomic mass is 35.5. The Hall–Kier alpha value is -2.93. The molecule has 0 aromatic heterocycles. The first kappa shape index (κ1) is 19.4. The molecule has 26 heavy (non-hydrogen) atoms. The fourth-order valence-corrected chi connectivity index (χ4v) is 2.53. The Labute approximate surface area is 154 Å². The number of urea groups is 1. The molecule has 0 fully saturated rings. The summed E-state index contributed by atoms with van der Waals surface area (Å²) in [5.41, 5.74) is 5.85. The highest BCUT2D eigenvalue weighted by molar-refractivity contribution is 6.31. The highest BCUT2D eigenvalue weighted by Gasteiger charge is 2.21. The summed E-state index contributed by atoms with van der Waals surface area (Å²) in [6.45, 7) is -0.504. The predicted molar refractivity (Wildman–Crippen MR) is 93.2 cm³/mol. The molecule has 0 aliphatic heterocycles. The molecule has 1 atom stereocenters. The van der Waals surface area contributed by atoms with E-state index in [4.69, 9.17) is 22.1 Å². The van der Waals surface area contributed by atoms with Crippen molar-refractivity contribution in [3.63, 3.8) is 0 Å². The summed E-state index contributed by atoms with van der Waals surface area (Å²) in [7, 11) is 0. The number of ether oxygens (including phenoxy) is 1. The number of halogens is 2.